The molecule has 0 spiro atoms. The van der Waals surface area contributed by atoms with Gasteiger partial charge in [-0.25, -0.2) is 0 Å². The summed E-state index contributed by atoms with van der Waals surface area (Å²) in [7, 11) is -4.28. The molecule has 2 nitrogen and oxygen atoms in total. The zero-order valence-electron chi connectivity index (χ0n) is 6.59. The van der Waals surface area contributed by atoms with Crippen molar-refractivity contribution in [3.05, 3.63) is 0 Å². The molecule has 1 saturated carbocycles. The Balaban J connectivity index is 2.70. The van der Waals surface area contributed by atoms with Crippen LogP contribution in [0.4, 0.5) is 3.89 Å². The third kappa shape index (κ3) is 2.15. The molecule has 0 saturated heterocycles. The van der Waals surface area contributed by atoms with E-state index in [4.69, 9.17) is 0 Å². The molecule has 0 aromatic heterocycles. The van der Waals surface area contributed by atoms with Crippen LogP contribution in [0.5, 0.6) is 0 Å². The van der Waals surface area contributed by atoms with E-state index in [1.54, 1.807) is 6.92 Å². The summed E-state index contributed by atoms with van der Waals surface area (Å²) in [6.45, 7) is 1.81. The highest BCUT2D eigenvalue weighted by molar-refractivity contribution is 7.87. The standard InChI is InChI=1S/C7H13FO2S/c1-6-4-2-3-5-7(6)11(8,9)10/h6-7H,2-5H2,1H3. The highest BCUT2D eigenvalue weighted by Gasteiger charge is 2.32. The highest BCUT2D eigenvalue weighted by Crippen LogP contribution is 2.29. The summed E-state index contributed by atoms with van der Waals surface area (Å²) in [5, 5.41) is -0.726. The van der Waals surface area contributed by atoms with Crippen molar-refractivity contribution in [2.45, 2.75) is 37.9 Å². The second-order valence-electron chi connectivity index (χ2n) is 3.28. The van der Waals surface area contributed by atoms with Crippen molar-refractivity contribution < 1.29 is 12.3 Å². The first-order chi connectivity index (χ1) is 5.02. The van der Waals surface area contributed by atoms with Gasteiger partial charge in [0.1, 0.15) is 0 Å². The predicted octanol–water partition coefficient (Wildman–Crippen LogP) is 1.86. The Kier molecular flexibility index (Phi) is 2.52. The molecule has 0 aromatic carbocycles. The van der Waals surface area contributed by atoms with Crippen LogP contribution < -0.4 is 0 Å². The van der Waals surface area contributed by atoms with Gasteiger partial charge in [0.25, 0.3) is 0 Å². The van der Waals surface area contributed by atoms with Gasteiger partial charge >= 0.3 is 10.2 Å². The SMILES string of the molecule is CC1CCCCC1S(=O)(=O)F. The molecule has 1 aliphatic carbocycles. The second-order valence-corrected chi connectivity index (χ2v) is 4.83. The van der Waals surface area contributed by atoms with Gasteiger partial charge in [0.05, 0.1) is 5.25 Å². The molecular formula is C7H13FO2S. The molecule has 0 heterocycles. The van der Waals surface area contributed by atoms with Gasteiger partial charge in [-0.15, -0.1) is 3.89 Å². The number of rotatable bonds is 1. The molecule has 2 unspecified atom stereocenters. The quantitative estimate of drug-likeness (QED) is 0.577. The lowest BCUT2D eigenvalue weighted by Gasteiger charge is -2.24. The van der Waals surface area contributed by atoms with Gasteiger partial charge in [-0.3, -0.25) is 0 Å². The van der Waals surface area contributed by atoms with Crippen LogP contribution in [0, 0.1) is 5.92 Å². The third-order valence-electron chi connectivity index (χ3n) is 2.39. The van der Waals surface area contributed by atoms with Crippen molar-refractivity contribution in [2.24, 2.45) is 5.92 Å². The first-order valence-electron chi connectivity index (χ1n) is 3.95. The fourth-order valence-corrected chi connectivity index (χ4v) is 2.84. The summed E-state index contributed by atoms with van der Waals surface area (Å²) in [6.07, 6.45) is 3.22. The van der Waals surface area contributed by atoms with Crippen molar-refractivity contribution in [2.75, 3.05) is 0 Å². The van der Waals surface area contributed by atoms with Crippen molar-refractivity contribution >= 4 is 10.2 Å². The molecule has 1 aliphatic rings. The molecule has 1 rings (SSSR count). The maximum Gasteiger partial charge on any atom is 0.305 e. The van der Waals surface area contributed by atoms with Gasteiger partial charge in [-0.2, -0.15) is 8.42 Å². The predicted molar refractivity (Wildman–Crippen MR) is 41.4 cm³/mol. The molecule has 0 bridgehead atoms. The number of hydrogen-bond donors (Lipinski definition) is 0. The fraction of sp³-hybridized carbons (Fsp3) is 1.00. The van der Waals surface area contributed by atoms with E-state index in [9.17, 15) is 12.3 Å². The van der Waals surface area contributed by atoms with Crippen LogP contribution in [-0.2, 0) is 10.2 Å². The van der Waals surface area contributed by atoms with Crippen LogP contribution in [0.25, 0.3) is 0 Å². The van der Waals surface area contributed by atoms with Gasteiger partial charge in [-0.1, -0.05) is 19.8 Å². The van der Waals surface area contributed by atoms with E-state index >= 15 is 0 Å². The molecule has 0 aromatic rings. The Labute approximate surface area is 67.0 Å². The normalized spacial score (nSPS) is 33.6. The van der Waals surface area contributed by atoms with Crippen molar-refractivity contribution in [1.82, 2.24) is 0 Å². The first-order valence-corrected chi connectivity index (χ1v) is 5.40. The Bertz CT molecular complexity index is 223. The summed E-state index contributed by atoms with van der Waals surface area (Å²) >= 11 is 0. The molecule has 66 valence electrons. The van der Waals surface area contributed by atoms with Crippen molar-refractivity contribution in [3.8, 4) is 0 Å². The molecule has 0 radical (unpaired) electrons. The summed E-state index contributed by atoms with van der Waals surface area (Å²) in [4.78, 5) is 0. The second kappa shape index (κ2) is 3.09. The lowest BCUT2D eigenvalue weighted by Crippen LogP contribution is -2.28. The zero-order valence-corrected chi connectivity index (χ0v) is 7.40. The van der Waals surface area contributed by atoms with E-state index < -0.39 is 15.5 Å². The van der Waals surface area contributed by atoms with E-state index in [2.05, 4.69) is 0 Å². The summed E-state index contributed by atoms with van der Waals surface area (Å²) < 4.78 is 33.6. The Morgan fingerprint density at radius 2 is 1.82 bits per heavy atom. The molecular weight excluding hydrogens is 167 g/mol. The van der Waals surface area contributed by atoms with Gasteiger partial charge in [0, 0.05) is 0 Å². The minimum absolute atomic E-state index is 0.00116. The highest BCUT2D eigenvalue weighted by atomic mass is 32.3. The Morgan fingerprint density at radius 3 is 2.18 bits per heavy atom. The molecule has 0 N–H and O–H groups in total. The maximum atomic E-state index is 12.5. The summed E-state index contributed by atoms with van der Waals surface area (Å²) in [5.74, 6) is -0.00116. The van der Waals surface area contributed by atoms with Crippen LogP contribution in [0.3, 0.4) is 0 Å². The molecule has 4 heteroatoms. The van der Waals surface area contributed by atoms with Crippen LogP contribution in [0.2, 0.25) is 0 Å². The molecule has 11 heavy (non-hydrogen) atoms. The lowest BCUT2D eigenvalue weighted by atomic mass is 9.90. The van der Waals surface area contributed by atoms with E-state index in [0.29, 0.717) is 6.42 Å². The molecule has 1 fully saturated rings. The average molecular weight is 180 g/mol. The smallest absolute Gasteiger partial charge is 0.195 e. The van der Waals surface area contributed by atoms with Crippen molar-refractivity contribution in [1.29, 1.82) is 0 Å². The van der Waals surface area contributed by atoms with Gasteiger partial charge < -0.3 is 0 Å². The van der Waals surface area contributed by atoms with E-state index in [1.165, 1.54) is 0 Å². The lowest BCUT2D eigenvalue weighted by molar-refractivity contribution is 0.371. The Hall–Kier alpha value is -0.120. The molecule has 2 atom stereocenters. The summed E-state index contributed by atoms with van der Waals surface area (Å²) in [5.41, 5.74) is 0. The number of hydrogen-bond acceptors (Lipinski definition) is 2. The molecule has 0 amide bonds. The maximum absolute atomic E-state index is 12.5. The summed E-state index contributed by atoms with van der Waals surface area (Å²) in [6, 6.07) is 0. The van der Waals surface area contributed by atoms with Crippen molar-refractivity contribution in [3.63, 3.8) is 0 Å². The van der Waals surface area contributed by atoms with E-state index in [-0.39, 0.29) is 5.92 Å². The topological polar surface area (TPSA) is 34.1 Å². The van der Waals surface area contributed by atoms with Crippen LogP contribution in [-0.4, -0.2) is 13.7 Å². The largest absolute Gasteiger partial charge is 0.305 e. The minimum atomic E-state index is -4.28. The third-order valence-corrected chi connectivity index (χ3v) is 3.82. The first kappa shape index (κ1) is 8.97. The monoisotopic (exact) mass is 180 g/mol. The van der Waals surface area contributed by atoms with E-state index in [1.807, 2.05) is 0 Å². The van der Waals surface area contributed by atoms with Gasteiger partial charge in [0.15, 0.2) is 0 Å². The van der Waals surface area contributed by atoms with Crippen LogP contribution in [0.1, 0.15) is 32.6 Å². The number of halogens is 1. The molecule has 0 aliphatic heterocycles. The Morgan fingerprint density at radius 1 is 1.27 bits per heavy atom. The van der Waals surface area contributed by atoms with Crippen LogP contribution in [0.15, 0.2) is 0 Å². The van der Waals surface area contributed by atoms with E-state index in [0.717, 1.165) is 19.3 Å². The zero-order chi connectivity index (χ0) is 8.48. The van der Waals surface area contributed by atoms with Gasteiger partial charge in [-0.05, 0) is 18.8 Å². The minimum Gasteiger partial charge on any atom is -0.195 e. The average Bonchev–Trinajstić information content (AvgIpc) is 1.86. The fourth-order valence-electron chi connectivity index (χ4n) is 1.70. The van der Waals surface area contributed by atoms with Crippen LogP contribution >= 0.6 is 0 Å². The van der Waals surface area contributed by atoms with Gasteiger partial charge in [0.2, 0.25) is 0 Å².